The zero-order chi connectivity index (χ0) is 25.3. The molecule has 0 aliphatic rings. The van der Waals surface area contributed by atoms with Crippen LogP contribution in [0.5, 0.6) is 0 Å². The molecule has 3 aromatic rings. The average Bonchev–Trinajstić information content (AvgIpc) is 3.16. The zero-order valence-electron chi connectivity index (χ0n) is 18.2. The number of hydrogen-bond donors (Lipinski definition) is 1. The van der Waals surface area contributed by atoms with Crippen LogP contribution in [0.2, 0.25) is 0 Å². The molecular weight excluding hydrogens is 477 g/mol. The fourth-order valence-corrected chi connectivity index (χ4v) is 3.85. The van der Waals surface area contributed by atoms with Crippen LogP contribution in [-0.4, -0.2) is 42.1 Å². The molecule has 3 aromatic heterocycles. The Kier molecular flexibility index (Phi) is 6.77. The normalized spacial score (nSPS) is 11.8. The number of carbonyl (C=O) groups excluding carboxylic acids is 2. The Morgan fingerprint density at radius 1 is 1.15 bits per heavy atom. The predicted octanol–water partition coefficient (Wildman–Crippen LogP) is 3.10. The second kappa shape index (κ2) is 9.25. The molecule has 13 heteroatoms. The molecule has 3 rings (SSSR count). The van der Waals surface area contributed by atoms with Gasteiger partial charge in [0.15, 0.2) is 0 Å². The number of rotatable bonds is 6. The first kappa shape index (κ1) is 24.9. The molecule has 0 radical (unpaired) electrons. The van der Waals surface area contributed by atoms with E-state index < -0.39 is 44.2 Å². The number of aryl methyl sites for hydroxylation is 2. The quantitative estimate of drug-likeness (QED) is 0.556. The van der Waals surface area contributed by atoms with Gasteiger partial charge in [0.25, 0.3) is 21.8 Å². The van der Waals surface area contributed by atoms with E-state index in [0.717, 1.165) is 30.1 Å². The van der Waals surface area contributed by atoms with Crippen molar-refractivity contribution in [3.05, 3.63) is 76.8 Å². The van der Waals surface area contributed by atoms with Crippen LogP contribution in [0.4, 0.5) is 13.2 Å². The van der Waals surface area contributed by atoms with E-state index in [9.17, 15) is 31.2 Å². The van der Waals surface area contributed by atoms with Crippen molar-refractivity contribution in [3.8, 4) is 0 Å². The van der Waals surface area contributed by atoms with Crippen molar-refractivity contribution in [1.82, 2.24) is 19.6 Å². The number of carbonyl (C=O) groups is 2. The highest BCUT2D eigenvalue weighted by Gasteiger charge is 2.33. The first-order chi connectivity index (χ1) is 15.8. The van der Waals surface area contributed by atoms with Crippen molar-refractivity contribution in [3.63, 3.8) is 0 Å². The third-order valence-electron chi connectivity index (χ3n) is 4.84. The van der Waals surface area contributed by atoms with Gasteiger partial charge >= 0.3 is 6.18 Å². The second-order valence-corrected chi connectivity index (χ2v) is 9.04. The van der Waals surface area contributed by atoms with E-state index >= 15 is 0 Å². The monoisotopic (exact) mass is 496 g/mol. The van der Waals surface area contributed by atoms with Crippen molar-refractivity contribution < 1.29 is 35.6 Å². The summed E-state index contributed by atoms with van der Waals surface area (Å²) in [7, 11) is -3.07. The third kappa shape index (κ3) is 5.42. The molecule has 1 N–H and O–H groups in total. The molecule has 3 heterocycles. The fraction of sp³-hybridized carbons (Fsp3) is 0.238. The number of alkyl halides is 3. The molecule has 0 atom stereocenters. The Balaban J connectivity index is 1.84. The lowest BCUT2D eigenvalue weighted by Gasteiger charge is -2.18. The van der Waals surface area contributed by atoms with Crippen LogP contribution in [0.3, 0.4) is 0 Å². The van der Waals surface area contributed by atoms with Gasteiger partial charge in [-0.2, -0.15) is 13.2 Å². The van der Waals surface area contributed by atoms with Gasteiger partial charge in [-0.05, 0) is 43.7 Å². The number of halogens is 3. The van der Waals surface area contributed by atoms with Crippen LogP contribution in [0.1, 0.15) is 43.4 Å². The summed E-state index contributed by atoms with van der Waals surface area (Å²) in [5, 5.41) is 0. The number of hydrogen-bond acceptors (Lipinski definition) is 7. The van der Waals surface area contributed by atoms with Crippen molar-refractivity contribution in [2.75, 3.05) is 7.05 Å². The molecule has 0 saturated carbocycles. The van der Waals surface area contributed by atoms with Gasteiger partial charge in [-0.3, -0.25) is 19.6 Å². The maximum Gasteiger partial charge on any atom is 0.433 e. The molecule has 34 heavy (non-hydrogen) atoms. The third-order valence-corrected chi connectivity index (χ3v) is 6.14. The van der Waals surface area contributed by atoms with E-state index in [1.165, 1.54) is 25.1 Å². The first-order valence-electron chi connectivity index (χ1n) is 9.65. The summed E-state index contributed by atoms with van der Waals surface area (Å²) in [6.45, 7) is 3.43. The van der Waals surface area contributed by atoms with E-state index in [1.54, 1.807) is 17.7 Å². The molecule has 9 nitrogen and oxygen atoms in total. The summed E-state index contributed by atoms with van der Waals surface area (Å²) in [5.41, 5.74) is -0.876. The average molecular weight is 496 g/mol. The summed E-state index contributed by atoms with van der Waals surface area (Å²) in [6, 6.07) is 4.14. The summed E-state index contributed by atoms with van der Waals surface area (Å²) in [5.74, 6) is -1.30. The highest BCUT2D eigenvalue weighted by Crippen LogP contribution is 2.27. The maximum absolute atomic E-state index is 12.9. The van der Waals surface area contributed by atoms with E-state index in [-0.39, 0.29) is 17.8 Å². The number of aromatic nitrogens is 2. The summed E-state index contributed by atoms with van der Waals surface area (Å²) < 4.78 is 70.9. The topological polar surface area (TPSA) is 122 Å². The largest absolute Gasteiger partial charge is 0.467 e. The van der Waals surface area contributed by atoms with Gasteiger partial charge in [-0.1, -0.05) is 0 Å². The smallest absolute Gasteiger partial charge is 0.433 e. The molecule has 2 amide bonds. The van der Waals surface area contributed by atoms with Crippen LogP contribution in [0.15, 0.2) is 52.2 Å². The lowest BCUT2D eigenvalue weighted by Crippen LogP contribution is -2.32. The van der Waals surface area contributed by atoms with Crippen LogP contribution in [-0.2, 0) is 22.7 Å². The van der Waals surface area contributed by atoms with Crippen molar-refractivity contribution in [2.45, 2.75) is 31.5 Å². The SMILES string of the molecule is Cc1ccoc1CN(C)C(=O)c1cc(S(=O)(=O)NC(=O)c2ccnc(C(F)(F)F)c2)cnc1C. The summed E-state index contributed by atoms with van der Waals surface area (Å²) in [4.78, 5) is 33.1. The standard InChI is InChI=1S/C21H19F3N4O5S/c1-12-5-7-33-17(12)11-28(3)20(30)16-9-15(10-26-13(16)2)34(31,32)27-19(29)14-4-6-25-18(8-14)21(22,23)24/h4-10H,11H2,1-3H3,(H,27,29). The van der Waals surface area contributed by atoms with Crippen molar-refractivity contribution in [1.29, 1.82) is 0 Å². The number of sulfonamides is 1. The minimum Gasteiger partial charge on any atom is -0.467 e. The Morgan fingerprint density at radius 2 is 1.85 bits per heavy atom. The number of nitrogens with one attached hydrogen (secondary N) is 1. The Labute approximate surface area is 192 Å². The number of furan rings is 1. The second-order valence-electron chi connectivity index (χ2n) is 7.35. The van der Waals surface area contributed by atoms with E-state index in [4.69, 9.17) is 4.42 Å². The van der Waals surface area contributed by atoms with Gasteiger partial charge in [0.2, 0.25) is 0 Å². The van der Waals surface area contributed by atoms with Gasteiger partial charge in [0.05, 0.1) is 24.1 Å². The number of nitrogens with zero attached hydrogens (tertiary/aromatic N) is 3. The molecule has 0 aromatic carbocycles. The summed E-state index contributed by atoms with van der Waals surface area (Å²) >= 11 is 0. The fourth-order valence-electron chi connectivity index (χ4n) is 2.90. The highest BCUT2D eigenvalue weighted by molar-refractivity contribution is 7.90. The summed E-state index contributed by atoms with van der Waals surface area (Å²) in [6.07, 6.45) is -1.66. The molecule has 0 saturated heterocycles. The van der Waals surface area contributed by atoms with E-state index in [0.29, 0.717) is 11.8 Å². The molecule has 0 aliphatic heterocycles. The molecule has 0 unspecified atom stereocenters. The van der Waals surface area contributed by atoms with Gasteiger partial charge in [-0.25, -0.2) is 13.1 Å². The minimum atomic E-state index is -4.81. The van der Waals surface area contributed by atoms with Gasteiger partial charge in [0.1, 0.15) is 16.3 Å². The van der Waals surface area contributed by atoms with Crippen LogP contribution in [0, 0.1) is 13.8 Å². The maximum atomic E-state index is 12.9. The Hall–Kier alpha value is -3.74. The van der Waals surface area contributed by atoms with Crippen LogP contribution >= 0.6 is 0 Å². The molecule has 0 spiro atoms. The Morgan fingerprint density at radius 3 is 2.47 bits per heavy atom. The van der Waals surface area contributed by atoms with Crippen LogP contribution in [0.25, 0.3) is 0 Å². The lowest BCUT2D eigenvalue weighted by atomic mass is 10.1. The molecule has 180 valence electrons. The van der Waals surface area contributed by atoms with Gasteiger partial charge in [-0.15, -0.1) is 0 Å². The predicted molar refractivity (Wildman–Crippen MR) is 112 cm³/mol. The molecule has 0 bridgehead atoms. The van der Waals surface area contributed by atoms with E-state index in [1.807, 2.05) is 0 Å². The molecule has 0 aliphatic carbocycles. The first-order valence-corrected chi connectivity index (χ1v) is 11.1. The van der Waals surface area contributed by atoms with Crippen molar-refractivity contribution >= 4 is 21.8 Å². The number of pyridine rings is 2. The Bertz CT molecular complexity index is 1350. The molecular formula is C21H19F3N4O5S. The lowest BCUT2D eigenvalue weighted by molar-refractivity contribution is -0.141. The van der Waals surface area contributed by atoms with Gasteiger partial charge in [0, 0.05) is 25.0 Å². The highest BCUT2D eigenvalue weighted by atomic mass is 32.2. The van der Waals surface area contributed by atoms with Gasteiger partial charge < -0.3 is 9.32 Å². The zero-order valence-corrected chi connectivity index (χ0v) is 19.0. The minimum absolute atomic E-state index is 0.0368. The number of amides is 2. The van der Waals surface area contributed by atoms with E-state index in [2.05, 4.69) is 9.97 Å². The van der Waals surface area contributed by atoms with Crippen molar-refractivity contribution in [2.24, 2.45) is 0 Å². The molecule has 0 fully saturated rings. The van der Waals surface area contributed by atoms with Crippen LogP contribution < -0.4 is 4.72 Å².